The van der Waals surface area contributed by atoms with Crippen LogP contribution in [0.2, 0.25) is 0 Å². The highest BCUT2D eigenvalue weighted by Crippen LogP contribution is 2.52. The zero-order valence-electron chi connectivity index (χ0n) is 80.4. The fourth-order valence-corrected chi connectivity index (χ4v) is 18.9. The van der Waals surface area contributed by atoms with E-state index in [1.807, 2.05) is 44.2 Å². The molecule has 11 atom stereocenters. The molecule has 2 aromatic carbocycles. The Morgan fingerprint density at radius 1 is 0.638 bits per heavy atom. The summed E-state index contributed by atoms with van der Waals surface area (Å²) in [6.45, 7) is 22.2. The molecule has 2 fully saturated rings. The molecule has 8 heterocycles. The van der Waals surface area contributed by atoms with E-state index < -0.39 is 154 Å². The van der Waals surface area contributed by atoms with Crippen molar-refractivity contribution in [2.75, 3.05) is 77.9 Å². The van der Waals surface area contributed by atoms with Crippen molar-refractivity contribution in [2.45, 2.75) is 247 Å². The summed E-state index contributed by atoms with van der Waals surface area (Å²) in [6.07, 6.45) is 1.37. The second-order valence-corrected chi connectivity index (χ2v) is 38.3. The first kappa shape index (κ1) is 111. The van der Waals surface area contributed by atoms with Crippen LogP contribution < -0.4 is 48.3 Å². The van der Waals surface area contributed by atoms with E-state index in [0.29, 0.717) is 84.4 Å². The van der Waals surface area contributed by atoms with Crippen molar-refractivity contribution in [2.24, 2.45) is 45.5 Å². The fourth-order valence-electron chi connectivity index (χ4n) is 17.0. The number of para-hydroxylation sites is 1. The SMILES string of the molecule is CCCSSCCOC(=O)C(C)(C)CC(CC)C(=O)NCCNC(=O)C(CC)NC(=O)CCC(N)C(=O)O.CC[C@@]1(OC(=O)OC)C(=O)OCc2c1cc1n(c2=O)Cc2cc3ccccc3nc2-1.CCc1c2c(nc3ccc(OC(=O)OCC(=O)OCCOC(=O)C(C)(CC)CC(C)(C)C(=O)OCCNC(=O)[C@@H](CC)NC(=O)CCC(N)C(=O)O)cc13)C1CC3C(COC(=O)[C@@]3(O)CC)C(=O)N1C2. The summed E-state index contributed by atoms with van der Waals surface area (Å²) in [4.78, 5) is 223. The number of ether oxygens (including phenoxy) is 10. The number of nitrogens with two attached hydrogens (primary N) is 2. The van der Waals surface area contributed by atoms with Gasteiger partial charge in [0.25, 0.3) is 5.56 Å². The van der Waals surface area contributed by atoms with Crippen LogP contribution >= 0.6 is 21.6 Å². The van der Waals surface area contributed by atoms with Crippen LogP contribution in [-0.2, 0) is 141 Å². The summed E-state index contributed by atoms with van der Waals surface area (Å²) in [5.74, 6) is -8.54. The number of amides is 6. The average Bonchev–Trinajstić information content (AvgIpc) is 1.61. The molecule has 10 rings (SSSR count). The number of piperidine rings is 1. The largest absolute Gasteiger partial charge is 0.514 e. The number of esters is 6. The number of hydrogen-bond donors (Lipinski definition) is 10. The van der Waals surface area contributed by atoms with E-state index in [0.717, 1.165) is 52.6 Å². The van der Waals surface area contributed by atoms with Crippen LogP contribution in [-0.4, -0.2) is 238 Å². The van der Waals surface area contributed by atoms with Gasteiger partial charge in [0.1, 0.15) is 69.6 Å². The molecule has 5 aliphatic rings. The molecule has 138 heavy (non-hydrogen) atoms. The number of carboxylic acids is 2. The zero-order valence-corrected chi connectivity index (χ0v) is 82.1. The van der Waals surface area contributed by atoms with E-state index in [1.165, 1.54) is 6.07 Å². The molecule has 3 aromatic heterocycles. The molecule has 0 spiro atoms. The van der Waals surface area contributed by atoms with Gasteiger partial charge < -0.3 is 110 Å². The maximum Gasteiger partial charge on any atom is 0.514 e. The van der Waals surface area contributed by atoms with E-state index >= 15 is 0 Å². The number of nitrogens with zero attached hydrogens (tertiary/aromatic N) is 4. The number of methoxy groups -OCH3 is 1. The molecule has 6 amide bonds. The van der Waals surface area contributed by atoms with Gasteiger partial charge in [-0.2, -0.15) is 0 Å². The average molecular weight is 1970 g/mol. The van der Waals surface area contributed by atoms with Crippen LogP contribution in [0.3, 0.4) is 0 Å². The van der Waals surface area contributed by atoms with E-state index in [9.17, 15) is 86.6 Å². The molecule has 0 radical (unpaired) electrons. The molecular formula is C95H129N11O30S2. The summed E-state index contributed by atoms with van der Waals surface area (Å²) in [7, 11) is 4.59. The van der Waals surface area contributed by atoms with E-state index in [1.54, 1.807) is 118 Å². The maximum absolute atomic E-state index is 13.7. The number of aromatic nitrogens is 3. The molecular weight excluding hydrogens is 1840 g/mol. The topological polar surface area (TPSA) is 589 Å². The van der Waals surface area contributed by atoms with Crippen LogP contribution in [0, 0.1) is 34.0 Å². The number of fused-ring (bicyclic) bond motifs is 10. The van der Waals surface area contributed by atoms with Gasteiger partial charge in [-0.05, 0) is 166 Å². The Morgan fingerprint density at radius 2 is 1.25 bits per heavy atom. The number of carbonyl (C=O) groups is 16. The normalized spacial score (nSPS) is 18.6. The number of aryl methyl sites for hydroxylation is 1. The Balaban J connectivity index is 0.000000286. The van der Waals surface area contributed by atoms with Gasteiger partial charge in [-0.15, -0.1) is 0 Å². The van der Waals surface area contributed by atoms with Crippen LogP contribution in [0.4, 0.5) is 9.59 Å². The molecule has 0 saturated carbocycles. The first-order valence-electron chi connectivity index (χ1n) is 46.3. The smallest absolute Gasteiger partial charge is 0.480 e. The molecule has 41 nitrogen and oxygen atoms in total. The third kappa shape index (κ3) is 27.9. The molecule has 5 aliphatic heterocycles. The fraction of sp³-hybridized carbons (Fsp3) is 0.589. The van der Waals surface area contributed by atoms with Gasteiger partial charge >= 0.3 is 60.1 Å². The van der Waals surface area contributed by atoms with Crippen molar-refractivity contribution in [3.63, 3.8) is 0 Å². The van der Waals surface area contributed by atoms with Crippen molar-refractivity contribution < 1.29 is 139 Å². The highest BCUT2D eigenvalue weighted by molar-refractivity contribution is 8.76. The van der Waals surface area contributed by atoms with Crippen molar-refractivity contribution in [1.82, 2.24) is 46.0 Å². The summed E-state index contributed by atoms with van der Waals surface area (Å²) in [5.41, 5.74) is 10.5. The molecule has 0 aliphatic carbocycles. The maximum atomic E-state index is 13.7. The Kier molecular flexibility index (Phi) is 40.7. The molecule has 43 heteroatoms. The molecule has 5 aromatic rings. The minimum atomic E-state index is -1.77. The minimum Gasteiger partial charge on any atom is -0.480 e. The number of hydrogen-bond acceptors (Lipinski definition) is 34. The molecule has 0 bridgehead atoms. The number of cyclic esters (lactones) is 2. The second kappa shape index (κ2) is 50.5. The lowest BCUT2D eigenvalue weighted by atomic mass is 9.69. The van der Waals surface area contributed by atoms with Crippen molar-refractivity contribution in [1.29, 1.82) is 0 Å². The summed E-state index contributed by atoms with van der Waals surface area (Å²) in [5, 5.41) is 43.8. The van der Waals surface area contributed by atoms with Gasteiger partial charge in [0.15, 0.2) is 12.2 Å². The van der Waals surface area contributed by atoms with Gasteiger partial charge in [0, 0.05) is 77.7 Å². The van der Waals surface area contributed by atoms with Gasteiger partial charge in [0.2, 0.25) is 41.0 Å². The minimum absolute atomic E-state index is 0.0214. The number of pyridine rings is 3. The van der Waals surface area contributed by atoms with E-state index in [4.69, 9.17) is 74.3 Å². The second-order valence-electron chi connectivity index (χ2n) is 35.6. The Bertz CT molecular complexity index is 5380. The molecule has 8 unspecified atom stereocenters. The van der Waals surface area contributed by atoms with Crippen molar-refractivity contribution >= 4 is 139 Å². The monoisotopic (exact) mass is 1970 g/mol. The van der Waals surface area contributed by atoms with Crippen LogP contribution in [0.15, 0.2) is 59.4 Å². The van der Waals surface area contributed by atoms with Crippen LogP contribution in [0.5, 0.6) is 5.75 Å². The van der Waals surface area contributed by atoms with E-state index in [2.05, 4.69) is 38.2 Å². The quantitative estimate of drug-likeness (QED) is 0.00576. The van der Waals surface area contributed by atoms with Crippen LogP contribution in [0.1, 0.15) is 219 Å². The summed E-state index contributed by atoms with van der Waals surface area (Å²) in [6, 6.07) is 11.8. The zero-order chi connectivity index (χ0) is 102. The van der Waals surface area contributed by atoms with Crippen molar-refractivity contribution in [3.05, 3.63) is 98.5 Å². The lowest BCUT2D eigenvalue weighted by molar-refractivity contribution is -0.202. The Labute approximate surface area is 806 Å². The lowest BCUT2D eigenvalue weighted by Crippen LogP contribution is -2.61. The van der Waals surface area contributed by atoms with Crippen LogP contribution in [0.25, 0.3) is 33.2 Å². The summed E-state index contributed by atoms with van der Waals surface area (Å²) >= 11 is 0. The number of aliphatic carboxylic acids is 2. The van der Waals surface area contributed by atoms with Gasteiger partial charge in [0.05, 0.1) is 82.1 Å². The standard InChI is InChI=1S/C48H65N5O17.C25H46N4O7S2.C22H18N2O6/c1-8-27-28-20-26(12-14-34(28)52-38-29(27)22-53-35(38)21-31-30(40(53)57)23-68-44(62)48(31,64)11-4)70-45(63)69-24-37(55)65-18-19-67-43(61)47(7,10-3)25-46(5,6)42(60)66-17-16-50-39(56)33(9-2)51-36(54)15-13-32(49)41(58)59;1-6-14-37-38-15-13-36-24(35)25(4,5)16-17(7-2)21(31)27-11-12-28-22(32)19(8-3)29-20(30)10-9-18(26)23(33)34;1-3-22(30-21(27)28-2)15-9-17-18-13(8-12-6-4-5-7-16(12)23-18)10-24(17)19(25)14(15)11-29-20(22)26/h12,14,20,30-33,35,64H,8-11,13,15-19,21-25,49H2,1-7H3,(H,50,56)(H,51,54)(H,58,59);17-19H,6-16,26H2,1-5H3,(H,27,31)(H,28,32)(H,29,30)(H,33,34);4-9H,3,10-11H2,1-2H3/t30?,31?,32?,33-,35?,47?,48-;;22-/m1.0/s1. The van der Waals surface area contributed by atoms with Gasteiger partial charge in [-0.3, -0.25) is 62.5 Å². The number of carbonyl (C=O) groups excluding carboxylic acids is 14. The highest BCUT2D eigenvalue weighted by atomic mass is 33.1. The number of rotatable bonds is 46. The van der Waals surface area contributed by atoms with Crippen molar-refractivity contribution in [3.8, 4) is 17.1 Å². The number of nitrogens with one attached hydrogen (secondary N) is 5. The molecule has 756 valence electrons. The van der Waals surface area contributed by atoms with E-state index in [-0.39, 0.29) is 152 Å². The number of benzene rings is 2. The predicted molar refractivity (Wildman–Crippen MR) is 501 cm³/mol. The summed E-state index contributed by atoms with van der Waals surface area (Å²) < 4.78 is 53.7. The third-order valence-corrected chi connectivity index (χ3v) is 27.6. The highest BCUT2D eigenvalue weighted by Gasteiger charge is 2.60. The number of carboxylic acid groups (broad SMARTS) is 2. The third-order valence-electron chi connectivity index (χ3n) is 25.0. The number of aliphatic hydroxyl groups is 1. The predicted octanol–water partition coefficient (Wildman–Crippen LogP) is 7.65. The Hall–Kier alpha value is -12.1. The molecule has 2 saturated heterocycles. The first-order chi connectivity index (χ1) is 65.4. The Morgan fingerprint density at radius 3 is 1.85 bits per heavy atom. The lowest BCUT2D eigenvalue weighted by Gasteiger charge is -2.48. The van der Waals surface area contributed by atoms with Gasteiger partial charge in [-0.25, -0.2) is 29.0 Å². The van der Waals surface area contributed by atoms with Gasteiger partial charge in [-0.1, -0.05) is 95.2 Å². The molecule has 12 N–H and O–H groups in total. The first-order valence-corrected chi connectivity index (χ1v) is 48.8.